The Bertz CT molecular complexity index is 2340. The maximum atomic E-state index is 5.23. The van der Waals surface area contributed by atoms with Crippen molar-refractivity contribution in [3.63, 3.8) is 0 Å². The molecule has 2 unspecified atom stereocenters. The summed E-state index contributed by atoms with van der Waals surface area (Å²) in [6.45, 7) is 0. The minimum Gasteiger partial charge on any atom is -0.302 e. The summed E-state index contributed by atoms with van der Waals surface area (Å²) in [7, 11) is 0. The molecule has 236 valence electrons. The first-order valence-corrected chi connectivity index (χ1v) is 17.2. The Hall–Kier alpha value is -6.39. The summed E-state index contributed by atoms with van der Waals surface area (Å²) < 4.78 is 0. The van der Waals surface area contributed by atoms with Crippen LogP contribution in [0.3, 0.4) is 0 Å². The molecular formula is C46H32N4. The van der Waals surface area contributed by atoms with Crippen molar-refractivity contribution in [3.05, 3.63) is 215 Å². The predicted octanol–water partition coefficient (Wildman–Crippen LogP) is 10.2. The molecule has 0 fully saturated rings. The lowest BCUT2D eigenvalue weighted by atomic mass is 9.66. The van der Waals surface area contributed by atoms with Crippen molar-refractivity contribution < 1.29 is 0 Å². The monoisotopic (exact) mass is 640 g/mol. The molecule has 0 radical (unpaired) electrons. The van der Waals surface area contributed by atoms with Crippen molar-refractivity contribution in [2.75, 3.05) is 4.90 Å². The second-order valence-corrected chi connectivity index (χ2v) is 13.1. The molecule has 0 amide bonds. The van der Waals surface area contributed by atoms with Crippen LogP contribution in [0, 0.1) is 0 Å². The molecule has 7 aromatic rings. The van der Waals surface area contributed by atoms with E-state index in [-0.39, 0.29) is 12.0 Å². The predicted molar refractivity (Wildman–Crippen MR) is 201 cm³/mol. The van der Waals surface area contributed by atoms with E-state index in [1.807, 2.05) is 36.4 Å². The average molecular weight is 641 g/mol. The number of hydrogen-bond acceptors (Lipinski definition) is 4. The Balaban J connectivity index is 1.24. The summed E-state index contributed by atoms with van der Waals surface area (Å²) in [5.74, 6) is 2.07. The molecule has 10 rings (SSSR count). The van der Waals surface area contributed by atoms with Crippen LogP contribution in [-0.2, 0) is 5.41 Å². The van der Waals surface area contributed by atoms with Gasteiger partial charge in [-0.05, 0) is 45.0 Å². The number of para-hydroxylation sites is 1. The van der Waals surface area contributed by atoms with Crippen LogP contribution >= 0.6 is 0 Å². The Kier molecular flexibility index (Phi) is 6.50. The summed E-state index contributed by atoms with van der Waals surface area (Å²) in [4.78, 5) is 17.8. The SMILES string of the molecule is C1=C2C(=CC3C1c1ccccc1N3c1nc(-c3ccccc3)nc(-c3ccccc3)n1)C(c1ccccc1)(c1ccccc1)c1ccccc12. The van der Waals surface area contributed by atoms with E-state index in [1.54, 1.807) is 0 Å². The zero-order valence-corrected chi connectivity index (χ0v) is 27.3. The first kappa shape index (κ1) is 28.6. The Morgan fingerprint density at radius 2 is 1.00 bits per heavy atom. The van der Waals surface area contributed by atoms with Crippen LogP contribution in [0.5, 0.6) is 0 Å². The molecule has 3 aliphatic rings. The Labute approximate surface area is 291 Å². The van der Waals surface area contributed by atoms with E-state index in [0.29, 0.717) is 17.6 Å². The maximum absolute atomic E-state index is 5.23. The number of benzene rings is 6. The third-order valence-electron chi connectivity index (χ3n) is 10.5. The van der Waals surface area contributed by atoms with Crippen molar-refractivity contribution in [2.45, 2.75) is 17.4 Å². The van der Waals surface area contributed by atoms with Gasteiger partial charge < -0.3 is 4.90 Å². The highest BCUT2D eigenvalue weighted by atomic mass is 15.3. The number of anilines is 2. The largest absolute Gasteiger partial charge is 0.302 e. The third kappa shape index (κ3) is 4.21. The van der Waals surface area contributed by atoms with Gasteiger partial charge in [-0.25, -0.2) is 4.98 Å². The molecule has 0 N–H and O–H groups in total. The van der Waals surface area contributed by atoms with E-state index in [4.69, 9.17) is 15.0 Å². The van der Waals surface area contributed by atoms with Crippen molar-refractivity contribution in [1.29, 1.82) is 0 Å². The van der Waals surface area contributed by atoms with Crippen molar-refractivity contribution in [2.24, 2.45) is 0 Å². The zero-order valence-electron chi connectivity index (χ0n) is 27.3. The van der Waals surface area contributed by atoms with Crippen LogP contribution in [0.15, 0.2) is 188 Å². The van der Waals surface area contributed by atoms with Gasteiger partial charge in [0.2, 0.25) is 5.95 Å². The van der Waals surface area contributed by atoms with E-state index >= 15 is 0 Å². The number of allylic oxidation sites excluding steroid dienone is 2. The molecule has 2 heterocycles. The fourth-order valence-electron chi connectivity index (χ4n) is 8.45. The van der Waals surface area contributed by atoms with Gasteiger partial charge in [-0.1, -0.05) is 176 Å². The normalized spacial score (nSPS) is 18.0. The molecular weight excluding hydrogens is 609 g/mol. The molecule has 50 heavy (non-hydrogen) atoms. The van der Waals surface area contributed by atoms with Crippen LogP contribution in [0.1, 0.15) is 33.7 Å². The van der Waals surface area contributed by atoms with Gasteiger partial charge in [0.05, 0.1) is 11.5 Å². The zero-order chi connectivity index (χ0) is 33.1. The number of aromatic nitrogens is 3. The Morgan fingerprint density at radius 3 is 1.62 bits per heavy atom. The molecule has 0 saturated heterocycles. The lowest BCUT2D eigenvalue weighted by molar-refractivity contribution is 0.696. The number of rotatable bonds is 5. The van der Waals surface area contributed by atoms with Gasteiger partial charge in [0.25, 0.3) is 0 Å². The number of fused-ring (bicyclic) bond motifs is 6. The van der Waals surface area contributed by atoms with Gasteiger partial charge in [-0.2, -0.15) is 9.97 Å². The van der Waals surface area contributed by atoms with E-state index < -0.39 is 5.41 Å². The van der Waals surface area contributed by atoms with Crippen molar-refractivity contribution in [1.82, 2.24) is 15.0 Å². The number of hydrogen-bond donors (Lipinski definition) is 0. The van der Waals surface area contributed by atoms with Gasteiger partial charge in [-0.15, -0.1) is 0 Å². The number of nitrogens with zero attached hydrogens (tertiary/aromatic N) is 4. The minimum absolute atomic E-state index is 0.0538. The molecule has 0 bridgehead atoms. The lowest BCUT2D eigenvalue weighted by Crippen LogP contribution is -2.35. The van der Waals surface area contributed by atoms with Crippen LogP contribution < -0.4 is 4.90 Å². The quantitative estimate of drug-likeness (QED) is 0.188. The van der Waals surface area contributed by atoms with Gasteiger partial charge in [0.15, 0.2) is 11.6 Å². The van der Waals surface area contributed by atoms with Crippen LogP contribution in [0.2, 0.25) is 0 Å². The van der Waals surface area contributed by atoms with Crippen molar-refractivity contribution in [3.8, 4) is 22.8 Å². The molecule has 1 aromatic heterocycles. The molecule has 2 atom stereocenters. The molecule has 2 aliphatic carbocycles. The second kappa shape index (κ2) is 11.4. The molecule has 0 saturated carbocycles. The fraction of sp³-hybridized carbons (Fsp3) is 0.0652. The summed E-state index contributed by atoms with van der Waals surface area (Å²) in [6.07, 6.45) is 5.04. The van der Waals surface area contributed by atoms with E-state index in [9.17, 15) is 0 Å². The first-order valence-electron chi connectivity index (χ1n) is 17.2. The highest BCUT2D eigenvalue weighted by Gasteiger charge is 2.52. The first-order chi connectivity index (χ1) is 24.8. The second-order valence-electron chi connectivity index (χ2n) is 13.1. The highest BCUT2D eigenvalue weighted by Crippen LogP contribution is 2.61. The van der Waals surface area contributed by atoms with Crippen molar-refractivity contribution >= 4 is 17.2 Å². The van der Waals surface area contributed by atoms with Gasteiger partial charge in [0.1, 0.15) is 0 Å². The van der Waals surface area contributed by atoms with Crippen LogP contribution in [0.25, 0.3) is 28.3 Å². The summed E-state index contributed by atoms with van der Waals surface area (Å²) in [5, 5.41) is 0. The van der Waals surface area contributed by atoms with Gasteiger partial charge in [0, 0.05) is 22.7 Å². The fourth-order valence-corrected chi connectivity index (χ4v) is 8.45. The smallest absolute Gasteiger partial charge is 0.234 e. The van der Waals surface area contributed by atoms with E-state index in [0.717, 1.165) is 16.8 Å². The molecule has 0 spiro atoms. The van der Waals surface area contributed by atoms with Crippen LogP contribution in [0.4, 0.5) is 11.6 Å². The lowest BCUT2D eigenvalue weighted by Gasteiger charge is -2.37. The molecule has 4 nitrogen and oxygen atoms in total. The van der Waals surface area contributed by atoms with Gasteiger partial charge >= 0.3 is 0 Å². The molecule has 4 heteroatoms. The van der Waals surface area contributed by atoms with E-state index in [1.165, 1.54) is 39.0 Å². The maximum Gasteiger partial charge on any atom is 0.234 e. The van der Waals surface area contributed by atoms with Gasteiger partial charge in [-0.3, -0.25) is 0 Å². The topological polar surface area (TPSA) is 41.9 Å². The minimum atomic E-state index is -0.486. The summed E-state index contributed by atoms with van der Waals surface area (Å²) in [5.41, 5.74) is 11.5. The third-order valence-corrected chi connectivity index (χ3v) is 10.5. The summed E-state index contributed by atoms with van der Waals surface area (Å²) >= 11 is 0. The van der Waals surface area contributed by atoms with E-state index in [2.05, 4.69) is 151 Å². The standard InChI is InChI=1S/C46H32N4/c1-5-17-31(18-6-1)43-47-44(32-19-7-2-8-20-32)49-45(48-43)50-41-28-16-14-26-36(41)38-29-37-35-25-13-15-27-39(35)46(40(37)30-42(38)50,33-21-9-3-10-22-33)34-23-11-4-12-24-34/h1-30,38,42H. The molecule has 1 aliphatic heterocycles. The Morgan fingerprint density at radius 1 is 0.480 bits per heavy atom. The molecule has 6 aromatic carbocycles. The summed E-state index contributed by atoms with van der Waals surface area (Å²) in [6, 6.07) is 60.1. The van der Waals surface area contributed by atoms with Crippen LogP contribution in [-0.4, -0.2) is 21.0 Å². The average Bonchev–Trinajstić information content (AvgIpc) is 3.68. The highest BCUT2D eigenvalue weighted by molar-refractivity contribution is 5.96.